The molecule has 1 aromatic carbocycles. The second-order valence-electron chi connectivity index (χ2n) is 3.84. The number of anilines is 2. The largest absolute Gasteiger partial charge is 0.375 e. The van der Waals surface area contributed by atoms with Crippen molar-refractivity contribution in [2.24, 2.45) is 0 Å². The van der Waals surface area contributed by atoms with Crippen LogP contribution in [0.5, 0.6) is 0 Å². The van der Waals surface area contributed by atoms with Crippen LogP contribution in [0.2, 0.25) is 0 Å². The molecule has 1 amide bonds. The number of nitrogen functional groups attached to an aromatic ring is 1. The molecule has 2 rings (SSSR count). The standard InChI is InChI=1S/C11H9FN4O3S/c1-5-9(20-11(13)14-5)10(17)15-6-2-3-7(12)8(4-6)16(18)19/h2-4H,1H3,(H2,13,14)(H,15,17). The van der Waals surface area contributed by atoms with Gasteiger partial charge in [-0.15, -0.1) is 0 Å². The summed E-state index contributed by atoms with van der Waals surface area (Å²) in [5, 5.41) is 13.3. The third kappa shape index (κ3) is 2.72. The highest BCUT2D eigenvalue weighted by atomic mass is 32.1. The van der Waals surface area contributed by atoms with Gasteiger partial charge >= 0.3 is 5.69 Å². The summed E-state index contributed by atoms with van der Waals surface area (Å²) in [4.78, 5) is 25.9. The minimum Gasteiger partial charge on any atom is -0.375 e. The zero-order valence-electron chi connectivity index (χ0n) is 10.2. The number of rotatable bonds is 3. The number of hydrogen-bond donors (Lipinski definition) is 2. The molecule has 0 saturated carbocycles. The molecule has 0 unspecified atom stereocenters. The quantitative estimate of drug-likeness (QED) is 0.667. The number of nitro benzene ring substituents is 1. The Morgan fingerprint density at radius 1 is 1.55 bits per heavy atom. The summed E-state index contributed by atoms with van der Waals surface area (Å²) in [6.45, 7) is 1.62. The minimum atomic E-state index is -0.966. The summed E-state index contributed by atoms with van der Waals surface area (Å²) < 4.78 is 13.2. The Morgan fingerprint density at radius 2 is 2.25 bits per heavy atom. The van der Waals surface area contributed by atoms with Crippen molar-refractivity contribution in [1.82, 2.24) is 4.98 Å². The Bertz CT molecular complexity index is 701. The van der Waals surface area contributed by atoms with Crippen molar-refractivity contribution in [2.45, 2.75) is 6.92 Å². The van der Waals surface area contributed by atoms with Gasteiger partial charge in [-0.1, -0.05) is 11.3 Å². The first-order chi connectivity index (χ1) is 9.38. The first kappa shape index (κ1) is 13.9. The lowest BCUT2D eigenvalue weighted by atomic mass is 10.2. The van der Waals surface area contributed by atoms with Gasteiger partial charge in [0, 0.05) is 11.8 Å². The average molecular weight is 296 g/mol. The first-order valence-corrected chi connectivity index (χ1v) is 6.18. The maximum absolute atomic E-state index is 13.2. The molecule has 0 radical (unpaired) electrons. The van der Waals surface area contributed by atoms with Gasteiger partial charge < -0.3 is 11.1 Å². The van der Waals surface area contributed by atoms with Gasteiger partial charge in [0.25, 0.3) is 5.91 Å². The lowest BCUT2D eigenvalue weighted by molar-refractivity contribution is -0.387. The summed E-state index contributed by atoms with van der Waals surface area (Å²) >= 11 is 1.00. The van der Waals surface area contributed by atoms with E-state index in [1.54, 1.807) is 6.92 Å². The molecule has 0 saturated heterocycles. The SMILES string of the molecule is Cc1nc(N)sc1C(=O)Nc1ccc(F)c([N+](=O)[O-])c1. The molecule has 1 aromatic heterocycles. The lowest BCUT2D eigenvalue weighted by Gasteiger charge is -2.04. The van der Waals surface area contributed by atoms with E-state index in [4.69, 9.17) is 5.73 Å². The Hall–Kier alpha value is -2.55. The van der Waals surface area contributed by atoms with Crippen LogP contribution in [-0.4, -0.2) is 15.8 Å². The third-order valence-corrected chi connectivity index (χ3v) is 3.41. The number of carbonyl (C=O) groups is 1. The first-order valence-electron chi connectivity index (χ1n) is 5.36. The van der Waals surface area contributed by atoms with Crippen LogP contribution in [0.15, 0.2) is 18.2 Å². The maximum atomic E-state index is 13.2. The van der Waals surface area contributed by atoms with Crippen LogP contribution in [0.1, 0.15) is 15.4 Å². The fraction of sp³-hybridized carbons (Fsp3) is 0.0909. The molecular formula is C11H9FN4O3S. The van der Waals surface area contributed by atoms with Crippen molar-refractivity contribution in [3.63, 3.8) is 0 Å². The number of nitrogens with one attached hydrogen (secondary N) is 1. The number of nitrogens with two attached hydrogens (primary N) is 1. The third-order valence-electron chi connectivity index (χ3n) is 2.42. The topological polar surface area (TPSA) is 111 Å². The Balaban J connectivity index is 2.26. The molecule has 3 N–H and O–H groups in total. The zero-order chi connectivity index (χ0) is 14.9. The highest BCUT2D eigenvalue weighted by Gasteiger charge is 2.18. The number of aryl methyl sites for hydroxylation is 1. The van der Waals surface area contributed by atoms with E-state index in [1.807, 2.05) is 0 Å². The molecule has 7 nitrogen and oxygen atoms in total. The van der Waals surface area contributed by atoms with Gasteiger partial charge in [-0.25, -0.2) is 4.98 Å². The molecule has 0 aliphatic rings. The van der Waals surface area contributed by atoms with Gasteiger partial charge in [0.05, 0.1) is 10.6 Å². The number of carbonyl (C=O) groups excluding carboxylic acids is 1. The highest BCUT2D eigenvalue weighted by molar-refractivity contribution is 7.17. The predicted molar refractivity (Wildman–Crippen MR) is 72.3 cm³/mol. The van der Waals surface area contributed by atoms with Gasteiger partial charge in [-0.2, -0.15) is 4.39 Å². The predicted octanol–water partition coefficient (Wildman–Crippen LogP) is 2.33. The van der Waals surface area contributed by atoms with E-state index in [2.05, 4.69) is 10.3 Å². The van der Waals surface area contributed by atoms with Crippen LogP contribution < -0.4 is 11.1 Å². The van der Waals surface area contributed by atoms with Crippen LogP contribution in [0.25, 0.3) is 0 Å². The van der Waals surface area contributed by atoms with Crippen molar-refractivity contribution in [2.75, 3.05) is 11.1 Å². The minimum absolute atomic E-state index is 0.120. The number of nitrogens with zero attached hydrogens (tertiary/aromatic N) is 2. The number of benzene rings is 1. The highest BCUT2D eigenvalue weighted by Crippen LogP contribution is 2.24. The van der Waals surface area contributed by atoms with E-state index in [0.29, 0.717) is 10.6 Å². The van der Waals surface area contributed by atoms with Crippen LogP contribution >= 0.6 is 11.3 Å². The monoisotopic (exact) mass is 296 g/mol. The maximum Gasteiger partial charge on any atom is 0.306 e. The van der Waals surface area contributed by atoms with Crippen molar-refractivity contribution < 1.29 is 14.1 Å². The summed E-state index contributed by atoms with van der Waals surface area (Å²) in [6.07, 6.45) is 0. The van der Waals surface area contributed by atoms with Crippen LogP contribution in [0, 0.1) is 22.9 Å². The fourth-order valence-corrected chi connectivity index (χ4v) is 2.27. The van der Waals surface area contributed by atoms with Gasteiger partial charge in [-0.3, -0.25) is 14.9 Å². The molecule has 104 valence electrons. The molecule has 0 bridgehead atoms. The number of aromatic nitrogens is 1. The molecule has 2 aromatic rings. The summed E-state index contributed by atoms with van der Waals surface area (Å²) in [5.74, 6) is -1.47. The average Bonchev–Trinajstić information content (AvgIpc) is 2.70. The van der Waals surface area contributed by atoms with Crippen molar-refractivity contribution in [1.29, 1.82) is 0 Å². The molecule has 0 aliphatic heterocycles. The molecule has 9 heteroatoms. The Kier molecular flexibility index (Phi) is 3.61. The lowest BCUT2D eigenvalue weighted by Crippen LogP contribution is -2.11. The second kappa shape index (κ2) is 5.21. The summed E-state index contributed by atoms with van der Waals surface area (Å²) in [5.41, 5.74) is 5.36. The smallest absolute Gasteiger partial charge is 0.306 e. The second-order valence-corrected chi connectivity index (χ2v) is 4.87. The molecule has 0 spiro atoms. The number of amides is 1. The van der Waals surface area contributed by atoms with Crippen molar-refractivity contribution >= 4 is 33.8 Å². The van der Waals surface area contributed by atoms with Gasteiger partial charge in [0.15, 0.2) is 5.13 Å². The zero-order valence-corrected chi connectivity index (χ0v) is 11.0. The van der Waals surface area contributed by atoms with E-state index < -0.39 is 22.3 Å². The number of hydrogen-bond acceptors (Lipinski definition) is 6. The molecule has 1 heterocycles. The summed E-state index contributed by atoms with van der Waals surface area (Å²) in [7, 11) is 0. The number of thiazole rings is 1. The molecule has 20 heavy (non-hydrogen) atoms. The van der Waals surface area contributed by atoms with E-state index in [-0.39, 0.29) is 10.8 Å². The van der Waals surface area contributed by atoms with Gasteiger partial charge in [0.1, 0.15) is 4.88 Å². The normalized spacial score (nSPS) is 10.3. The molecular weight excluding hydrogens is 287 g/mol. The van der Waals surface area contributed by atoms with E-state index in [0.717, 1.165) is 23.5 Å². The van der Waals surface area contributed by atoms with Crippen molar-refractivity contribution in [3.8, 4) is 0 Å². The molecule has 0 aliphatic carbocycles. The Labute approximate surface area is 116 Å². The summed E-state index contributed by atoms with van der Waals surface area (Å²) in [6, 6.07) is 3.11. The fourth-order valence-electron chi connectivity index (χ4n) is 1.55. The van der Waals surface area contributed by atoms with E-state index >= 15 is 0 Å². The number of nitro groups is 1. The van der Waals surface area contributed by atoms with Crippen LogP contribution in [0.4, 0.5) is 20.9 Å². The molecule has 0 atom stereocenters. The molecule has 0 fully saturated rings. The van der Waals surface area contributed by atoms with E-state index in [9.17, 15) is 19.3 Å². The van der Waals surface area contributed by atoms with E-state index in [1.165, 1.54) is 6.07 Å². The van der Waals surface area contributed by atoms with Crippen LogP contribution in [0.3, 0.4) is 0 Å². The van der Waals surface area contributed by atoms with Gasteiger partial charge in [0.2, 0.25) is 5.82 Å². The number of halogens is 1. The Morgan fingerprint density at radius 3 is 2.80 bits per heavy atom. The van der Waals surface area contributed by atoms with Crippen molar-refractivity contribution in [3.05, 3.63) is 44.7 Å². The van der Waals surface area contributed by atoms with Gasteiger partial charge in [-0.05, 0) is 19.1 Å². The van der Waals surface area contributed by atoms with Crippen LogP contribution in [-0.2, 0) is 0 Å².